The Labute approximate surface area is 316 Å². The van der Waals surface area contributed by atoms with Gasteiger partial charge < -0.3 is 14.8 Å². The van der Waals surface area contributed by atoms with E-state index in [0.29, 0.717) is 36.0 Å². The van der Waals surface area contributed by atoms with Crippen molar-refractivity contribution in [1.29, 1.82) is 0 Å². The Bertz CT molecular complexity index is 1990. The molecule has 0 saturated carbocycles. The zero-order valence-corrected chi connectivity index (χ0v) is 31.2. The number of allylic oxidation sites excluding steroid dienone is 4. The molecule has 0 unspecified atom stereocenters. The van der Waals surface area contributed by atoms with Crippen LogP contribution < -0.4 is 14.8 Å². The van der Waals surface area contributed by atoms with Gasteiger partial charge >= 0.3 is 0 Å². The molecule has 264 valence electrons. The third-order valence-corrected chi connectivity index (χ3v) is 9.27. The molecule has 1 N–H and O–H groups in total. The second-order valence-corrected chi connectivity index (χ2v) is 13.2. The average Bonchev–Trinajstić information content (AvgIpc) is 3.16. The van der Waals surface area contributed by atoms with Gasteiger partial charge in [0.05, 0.1) is 18.4 Å². The van der Waals surface area contributed by atoms with Gasteiger partial charge in [0, 0.05) is 10.2 Å². The van der Waals surface area contributed by atoms with Crippen molar-refractivity contribution in [2.75, 3.05) is 12.4 Å². The number of halogens is 1. The van der Waals surface area contributed by atoms with Crippen molar-refractivity contribution in [3.63, 3.8) is 0 Å². The number of carbonyl (C=O) groups excluding carboxylic acids is 3. The molecule has 4 aromatic rings. The molecular formula is C42H38BrN3O5S. The molecule has 0 radical (unpaired) electrons. The first-order valence-electron chi connectivity index (χ1n) is 16.6. The van der Waals surface area contributed by atoms with Crippen LogP contribution in [0.5, 0.6) is 11.5 Å². The molecular weight excluding hydrogens is 738 g/mol. The summed E-state index contributed by atoms with van der Waals surface area (Å²) in [6.07, 6.45) is 8.18. The predicted molar refractivity (Wildman–Crippen MR) is 212 cm³/mol. The fraction of sp³-hybridized carbons (Fsp3) is 0.143. The van der Waals surface area contributed by atoms with E-state index < -0.39 is 17.9 Å². The molecule has 1 aliphatic rings. The van der Waals surface area contributed by atoms with E-state index in [2.05, 4.69) is 32.8 Å². The lowest BCUT2D eigenvalue weighted by molar-refractivity contribution is -0.126. The molecule has 0 aromatic heterocycles. The first-order chi connectivity index (χ1) is 25.3. The van der Waals surface area contributed by atoms with Gasteiger partial charge in [0.2, 0.25) is 5.91 Å². The van der Waals surface area contributed by atoms with Crippen LogP contribution >= 0.6 is 27.7 Å². The van der Waals surface area contributed by atoms with Crippen molar-refractivity contribution in [3.05, 3.63) is 172 Å². The van der Waals surface area contributed by atoms with Crippen molar-refractivity contribution in [2.24, 2.45) is 4.99 Å². The Morgan fingerprint density at radius 2 is 1.62 bits per heavy atom. The van der Waals surface area contributed by atoms with E-state index in [9.17, 15) is 14.4 Å². The van der Waals surface area contributed by atoms with E-state index >= 15 is 0 Å². The Balaban J connectivity index is 1.39. The summed E-state index contributed by atoms with van der Waals surface area (Å²) in [4.78, 5) is 46.8. The molecule has 3 amide bonds. The monoisotopic (exact) mass is 775 g/mol. The predicted octanol–water partition coefficient (Wildman–Crippen LogP) is 8.82. The summed E-state index contributed by atoms with van der Waals surface area (Å²) in [7, 11) is 0. The second kappa shape index (κ2) is 18.7. The second-order valence-electron chi connectivity index (χ2n) is 11.4. The van der Waals surface area contributed by atoms with Crippen LogP contribution in [0.25, 0.3) is 6.08 Å². The van der Waals surface area contributed by atoms with E-state index in [-0.39, 0.29) is 22.4 Å². The minimum atomic E-state index is -0.715. The Morgan fingerprint density at radius 3 is 2.23 bits per heavy atom. The van der Waals surface area contributed by atoms with Crippen molar-refractivity contribution >= 4 is 56.7 Å². The van der Waals surface area contributed by atoms with Crippen LogP contribution in [0, 0.1) is 0 Å². The Kier molecular flexibility index (Phi) is 13.6. The van der Waals surface area contributed by atoms with Gasteiger partial charge in [-0.15, -0.1) is 0 Å². The van der Waals surface area contributed by atoms with Crippen molar-refractivity contribution in [1.82, 2.24) is 10.2 Å². The highest BCUT2D eigenvalue weighted by Gasteiger charge is 2.35. The number of rotatable bonds is 14. The van der Waals surface area contributed by atoms with E-state index in [1.807, 2.05) is 91.9 Å². The lowest BCUT2D eigenvalue weighted by Crippen LogP contribution is -2.42. The molecule has 0 aliphatic carbocycles. The summed E-state index contributed by atoms with van der Waals surface area (Å²) in [5, 5.41) is 3.20. The quantitative estimate of drug-likeness (QED) is 0.0782. The van der Waals surface area contributed by atoms with Gasteiger partial charge in [0.15, 0.2) is 16.7 Å². The van der Waals surface area contributed by atoms with Crippen LogP contribution in [-0.2, 0) is 21.0 Å². The average molecular weight is 777 g/mol. The van der Waals surface area contributed by atoms with Crippen LogP contribution in [0.3, 0.4) is 0 Å². The molecule has 0 bridgehead atoms. The third-order valence-electron chi connectivity index (χ3n) is 7.80. The summed E-state index contributed by atoms with van der Waals surface area (Å²) >= 11 is 4.45. The van der Waals surface area contributed by atoms with Gasteiger partial charge in [0.25, 0.3) is 11.8 Å². The number of nitrogens with one attached hydrogen (secondary N) is 1. The Hall–Kier alpha value is -5.45. The summed E-state index contributed by atoms with van der Waals surface area (Å²) in [5.74, 6) is -0.678. The zero-order chi connectivity index (χ0) is 36.9. The maximum atomic E-state index is 14.1. The first kappa shape index (κ1) is 37.8. The number of amidine groups is 1. The number of hydrogen-bond donors (Lipinski definition) is 1. The number of hydrogen-bond acceptors (Lipinski definition) is 6. The first-order valence-corrected chi connectivity index (χ1v) is 18.4. The molecule has 0 saturated heterocycles. The molecule has 0 fully saturated rings. The summed E-state index contributed by atoms with van der Waals surface area (Å²) in [6.45, 7) is 8.09. The maximum absolute atomic E-state index is 14.1. The van der Waals surface area contributed by atoms with E-state index in [4.69, 9.17) is 9.47 Å². The number of benzene rings is 4. The van der Waals surface area contributed by atoms with Crippen LogP contribution in [-0.4, -0.2) is 40.1 Å². The molecule has 0 spiro atoms. The number of amides is 3. The molecule has 8 nitrogen and oxygen atoms in total. The SMILES string of the molecule is C=C/C=C\C(=C/C)N1C(=O)/C(=C/c2ccc(OCc3ccc(Br)cc3)c(OCC)c2)C(=O)N=C1SCC(=O)NC(c1ccccc1)c1ccccc1. The molecule has 1 heterocycles. The van der Waals surface area contributed by atoms with Gasteiger partial charge in [0.1, 0.15) is 12.2 Å². The van der Waals surface area contributed by atoms with Crippen LogP contribution in [0.4, 0.5) is 0 Å². The highest BCUT2D eigenvalue weighted by atomic mass is 79.9. The fourth-order valence-corrected chi connectivity index (χ4v) is 6.38. The largest absolute Gasteiger partial charge is 0.490 e. The van der Waals surface area contributed by atoms with Gasteiger partial charge in [-0.3, -0.25) is 19.3 Å². The standard InChI is InChI=1S/C42H38BrN3O5S/c1-4-7-18-34(5-2)46-41(49)35(25-30-21-24-36(37(26-30)50-6-3)51-27-29-19-22-33(43)23-20-29)40(48)45-42(46)52-28-38(47)44-39(31-14-10-8-11-15-31)32-16-12-9-13-17-32/h4-5,7-26,39H,1,6,27-28H2,2-3H3,(H,44,47)/b18-7-,34-5+,35-25+. The van der Waals surface area contributed by atoms with Gasteiger partial charge in [-0.1, -0.05) is 131 Å². The van der Waals surface area contributed by atoms with Crippen molar-refractivity contribution < 1.29 is 23.9 Å². The topological polar surface area (TPSA) is 97.3 Å². The van der Waals surface area contributed by atoms with Gasteiger partial charge in [-0.05, 0) is 72.5 Å². The summed E-state index contributed by atoms with van der Waals surface area (Å²) < 4.78 is 12.9. The molecule has 5 rings (SSSR count). The minimum absolute atomic E-state index is 0.0896. The third kappa shape index (κ3) is 9.86. The molecule has 10 heteroatoms. The molecule has 4 aromatic carbocycles. The Morgan fingerprint density at radius 1 is 0.942 bits per heavy atom. The zero-order valence-electron chi connectivity index (χ0n) is 28.8. The number of ether oxygens (including phenoxy) is 2. The van der Waals surface area contributed by atoms with Gasteiger partial charge in [-0.25, -0.2) is 0 Å². The highest BCUT2D eigenvalue weighted by Crippen LogP contribution is 2.32. The van der Waals surface area contributed by atoms with E-state index in [1.54, 1.807) is 49.4 Å². The molecule has 0 atom stereocenters. The number of carbonyl (C=O) groups is 3. The van der Waals surface area contributed by atoms with Crippen molar-refractivity contribution in [2.45, 2.75) is 26.5 Å². The summed E-state index contributed by atoms with van der Waals surface area (Å²) in [5.41, 5.74) is 3.71. The van der Waals surface area contributed by atoms with Gasteiger partial charge in [-0.2, -0.15) is 4.99 Å². The highest BCUT2D eigenvalue weighted by molar-refractivity contribution is 9.10. The van der Waals surface area contributed by atoms with Crippen LogP contribution in [0.1, 0.15) is 42.1 Å². The number of aliphatic imine (C=N–C) groups is 1. The minimum Gasteiger partial charge on any atom is -0.490 e. The van der Waals surface area contributed by atoms with E-state index in [1.165, 1.54) is 11.0 Å². The van der Waals surface area contributed by atoms with Crippen molar-refractivity contribution in [3.8, 4) is 11.5 Å². The molecule has 52 heavy (non-hydrogen) atoms. The van der Waals surface area contributed by atoms with Crippen LogP contribution in [0.2, 0.25) is 0 Å². The normalized spacial score (nSPS) is 14.2. The number of nitrogens with zero attached hydrogens (tertiary/aromatic N) is 2. The van der Waals surface area contributed by atoms with Crippen LogP contribution in [0.15, 0.2) is 155 Å². The smallest absolute Gasteiger partial charge is 0.285 e. The number of thioether (sulfide) groups is 1. The lowest BCUT2D eigenvalue weighted by Gasteiger charge is -2.28. The fourth-order valence-electron chi connectivity index (χ4n) is 5.30. The summed E-state index contributed by atoms with van der Waals surface area (Å²) in [6, 6.07) is 32.0. The lowest BCUT2D eigenvalue weighted by atomic mass is 9.99. The maximum Gasteiger partial charge on any atom is 0.285 e. The van der Waals surface area contributed by atoms with E-state index in [0.717, 1.165) is 32.9 Å². The molecule has 1 aliphatic heterocycles.